The molecule has 0 bridgehead atoms. The van der Waals surface area contributed by atoms with Gasteiger partial charge in [-0.1, -0.05) is 11.3 Å². The van der Waals surface area contributed by atoms with Crippen LogP contribution < -0.4 is 4.90 Å². The molecular weight excluding hydrogens is 290 g/mol. The number of thiazole rings is 1. The van der Waals surface area contributed by atoms with Gasteiger partial charge in [0.25, 0.3) is 0 Å². The number of aromatic nitrogens is 2. The number of pyridine rings is 1. The number of methoxy groups -OCH3 is 1. The Morgan fingerprint density at radius 1 is 1.43 bits per heavy atom. The van der Waals surface area contributed by atoms with Crippen molar-refractivity contribution in [3.8, 4) is 10.6 Å². The van der Waals surface area contributed by atoms with E-state index >= 15 is 0 Å². The Morgan fingerprint density at radius 2 is 2.24 bits per heavy atom. The minimum Gasteiger partial charge on any atom is -0.447 e. The highest BCUT2D eigenvalue weighted by Gasteiger charge is 2.19. The number of nitrogens with zero attached hydrogens (tertiary/aromatic N) is 3. The molecule has 0 radical (unpaired) electrons. The van der Waals surface area contributed by atoms with Gasteiger partial charge in [0.2, 0.25) is 0 Å². The van der Waals surface area contributed by atoms with Crippen LogP contribution in [0.15, 0.2) is 24.5 Å². The largest absolute Gasteiger partial charge is 0.447 e. The summed E-state index contributed by atoms with van der Waals surface area (Å²) in [6.07, 6.45) is 3.04. The van der Waals surface area contributed by atoms with Gasteiger partial charge in [-0.2, -0.15) is 0 Å². The molecule has 2 rings (SSSR count). The molecule has 7 heteroatoms. The van der Waals surface area contributed by atoms with Crippen LogP contribution in [0.5, 0.6) is 0 Å². The molecule has 0 atom stereocenters. The normalized spacial score (nSPS) is 10.4. The van der Waals surface area contributed by atoms with Crippen LogP contribution in [0, 0.1) is 6.92 Å². The summed E-state index contributed by atoms with van der Waals surface area (Å²) >= 11 is 1.43. The summed E-state index contributed by atoms with van der Waals surface area (Å²) in [7, 11) is 3.23. The summed E-state index contributed by atoms with van der Waals surface area (Å²) in [6, 6.07) is 3.79. The van der Waals surface area contributed by atoms with Crippen LogP contribution in [0.3, 0.4) is 0 Å². The molecule has 2 aromatic heterocycles. The molecule has 0 aliphatic rings. The predicted octanol–water partition coefficient (Wildman–Crippen LogP) is 2.73. The number of carbonyl (C=O) groups is 1. The first-order valence-electron chi connectivity index (χ1n) is 6.40. The maximum atomic E-state index is 11.9. The van der Waals surface area contributed by atoms with Crippen molar-refractivity contribution in [3.63, 3.8) is 0 Å². The van der Waals surface area contributed by atoms with Crippen LogP contribution in [0.2, 0.25) is 0 Å². The lowest BCUT2D eigenvalue weighted by atomic mass is 10.3. The zero-order valence-electron chi connectivity index (χ0n) is 12.2. The number of rotatable bonds is 5. The first-order valence-corrected chi connectivity index (χ1v) is 7.22. The molecule has 21 heavy (non-hydrogen) atoms. The van der Waals surface area contributed by atoms with Crippen molar-refractivity contribution in [1.29, 1.82) is 0 Å². The van der Waals surface area contributed by atoms with Gasteiger partial charge in [-0.3, -0.25) is 9.88 Å². The zero-order valence-corrected chi connectivity index (χ0v) is 13.0. The standard InChI is InChI=1S/C14H17N3O3S/c1-10-13(17(2)14(18)20-8-7-19-3)21-12(16-10)11-5-4-6-15-9-11/h4-6,9H,7-8H2,1-3H3. The Morgan fingerprint density at radius 3 is 2.90 bits per heavy atom. The van der Waals surface area contributed by atoms with Gasteiger partial charge in [-0.25, -0.2) is 9.78 Å². The fraction of sp³-hybridized carbons (Fsp3) is 0.357. The van der Waals surface area contributed by atoms with Gasteiger partial charge in [0.05, 0.1) is 12.3 Å². The van der Waals surface area contributed by atoms with E-state index in [4.69, 9.17) is 9.47 Å². The fourth-order valence-corrected chi connectivity index (χ4v) is 2.71. The van der Waals surface area contributed by atoms with E-state index in [0.717, 1.165) is 21.3 Å². The quantitative estimate of drug-likeness (QED) is 0.795. The van der Waals surface area contributed by atoms with E-state index in [0.29, 0.717) is 6.61 Å². The Labute approximate surface area is 127 Å². The summed E-state index contributed by atoms with van der Waals surface area (Å²) < 4.78 is 9.95. The molecule has 0 saturated heterocycles. The summed E-state index contributed by atoms with van der Waals surface area (Å²) in [6.45, 7) is 2.47. The number of carbonyl (C=O) groups excluding carboxylic acids is 1. The maximum absolute atomic E-state index is 11.9. The number of anilines is 1. The third-order valence-corrected chi connectivity index (χ3v) is 4.06. The average Bonchev–Trinajstić information content (AvgIpc) is 2.89. The van der Waals surface area contributed by atoms with Gasteiger partial charge in [0.15, 0.2) is 0 Å². The third kappa shape index (κ3) is 3.77. The van der Waals surface area contributed by atoms with Gasteiger partial charge in [-0.05, 0) is 19.1 Å². The summed E-state index contributed by atoms with van der Waals surface area (Å²) in [5.74, 6) is 0. The van der Waals surface area contributed by atoms with Crippen molar-refractivity contribution in [2.24, 2.45) is 0 Å². The molecule has 0 N–H and O–H groups in total. The van der Waals surface area contributed by atoms with E-state index in [1.807, 2.05) is 19.1 Å². The summed E-state index contributed by atoms with van der Waals surface area (Å²) in [4.78, 5) is 22.0. The van der Waals surface area contributed by atoms with Gasteiger partial charge in [-0.15, -0.1) is 0 Å². The van der Waals surface area contributed by atoms with E-state index in [1.165, 1.54) is 16.2 Å². The van der Waals surface area contributed by atoms with Gasteiger partial charge in [0.1, 0.15) is 16.6 Å². The number of hydrogen-bond donors (Lipinski definition) is 0. The highest BCUT2D eigenvalue weighted by atomic mass is 32.1. The van der Waals surface area contributed by atoms with Crippen molar-refractivity contribution in [2.45, 2.75) is 6.92 Å². The smallest absolute Gasteiger partial charge is 0.414 e. The van der Waals surface area contributed by atoms with Crippen molar-refractivity contribution in [3.05, 3.63) is 30.2 Å². The molecule has 0 spiro atoms. The van der Waals surface area contributed by atoms with E-state index < -0.39 is 6.09 Å². The van der Waals surface area contributed by atoms with E-state index in [-0.39, 0.29) is 6.61 Å². The highest BCUT2D eigenvalue weighted by molar-refractivity contribution is 7.19. The molecule has 0 unspecified atom stereocenters. The molecule has 112 valence electrons. The maximum Gasteiger partial charge on any atom is 0.414 e. The lowest BCUT2D eigenvalue weighted by Gasteiger charge is -2.15. The van der Waals surface area contributed by atoms with Gasteiger partial charge >= 0.3 is 6.09 Å². The summed E-state index contributed by atoms with van der Waals surface area (Å²) in [5, 5.41) is 1.59. The van der Waals surface area contributed by atoms with E-state index in [2.05, 4.69) is 9.97 Å². The molecule has 0 saturated carbocycles. The van der Waals surface area contributed by atoms with Crippen molar-refractivity contribution < 1.29 is 14.3 Å². The van der Waals surface area contributed by atoms with Crippen molar-refractivity contribution in [1.82, 2.24) is 9.97 Å². The van der Waals surface area contributed by atoms with Crippen molar-refractivity contribution in [2.75, 3.05) is 32.3 Å². The molecule has 0 aromatic carbocycles. The monoisotopic (exact) mass is 307 g/mol. The lowest BCUT2D eigenvalue weighted by molar-refractivity contribution is 0.104. The lowest BCUT2D eigenvalue weighted by Crippen LogP contribution is -2.27. The van der Waals surface area contributed by atoms with Crippen LogP contribution in [0.4, 0.5) is 9.80 Å². The second-order valence-corrected chi connectivity index (χ2v) is 5.29. The molecule has 0 aliphatic heterocycles. The first-order chi connectivity index (χ1) is 10.1. The van der Waals surface area contributed by atoms with Crippen LogP contribution >= 0.6 is 11.3 Å². The second-order valence-electron chi connectivity index (χ2n) is 4.32. The molecule has 6 nitrogen and oxygen atoms in total. The minimum atomic E-state index is -0.420. The second kappa shape index (κ2) is 7.14. The number of hydrogen-bond acceptors (Lipinski definition) is 6. The Kier molecular flexibility index (Phi) is 5.24. The Hall–Kier alpha value is -1.99. The van der Waals surface area contributed by atoms with Crippen LogP contribution in [-0.4, -0.2) is 43.4 Å². The van der Waals surface area contributed by atoms with Crippen LogP contribution in [0.25, 0.3) is 10.6 Å². The third-order valence-electron chi connectivity index (χ3n) is 2.77. The number of ether oxygens (including phenoxy) is 2. The van der Waals surface area contributed by atoms with Gasteiger partial charge in [0, 0.05) is 32.1 Å². The molecule has 0 aliphatic carbocycles. The van der Waals surface area contributed by atoms with E-state index in [1.54, 1.807) is 26.6 Å². The first kappa shape index (κ1) is 15.4. The number of amides is 1. The van der Waals surface area contributed by atoms with Crippen LogP contribution in [0.1, 0.15) is 5.69 Å². The number of aryl methyl sites for hydroxylation is 1. The SMILES string of the molecule is COCCOC(=O)N(C)c1sc(-c2cccnc2)nc1C. The molecule has 2 heterocycles. The molecule has 1 amide bonds. The zero-order chi connectivity index (χ0) is 15.2. The Balaban J connectivity index is 2.13. The topological polar surface area (TPSA) is 64.6 Å². The van der Waals surface area contributed by atoms with E-state index in [9.17, 15) is 4.79 Å². The van der Waals surface area contributed by atoms with Crippen molar-refractivity contribution >= 4 is 22.4 Å². The fourth-order valence-electron chi connectivity index (χ4n) is 1.70. The Bertz CT molecular complexity index is 601. The molecular formula is C14H17N3O3S. The molecule has 2 aromatic rings. The highest BCUT2D eigenvalue weighted by Crippen LogP contribution is 2.33. The van der Waals surface area contributed by atoms with Gasteiger partial charge < -0.3 is 9.47 Å². The predicted molar refractivity (Wildman–Crippen MR) is 81.7 cm³/mol. The molecule has 0 fully saturated rings. The average molecular weight is 307 g/mol. The summed E-state index contributed by atoms with van der Waals surface area (Å²) in [5.41, 5.74) is 1.71. The van der Waals surface area contributed by atoms with Crippen LogP contribution in [-0.2, 0) is 9.47 Å². The minimum absolute atomic E-state index is 0.229.